The molecular formula is C10H22N4. The van der Waals surface area contributed by atoms with Gasteiger partial charge in [0.15, 0.2) is 5.96 Å². The lowest BCUT2D eigenvalue weighted by Crippen LogP contribution is -2.23. The topological polar surface area (TPSA) is 76.4 Å². The molecule has 5 N–H and O–H groups in total. The van der Waals surface area contributed by atoms with Crippen molar-refractivity contribution >= 4 is 5.96 Å². The summed E-state index contributed by atoms with van der Waals surface area (Å²) in [7, 11) is 0. The summed E-state index contributed by atoms with van der Waals surface area (Å²) in [6.07, 6.45) is 6.24. The van der Waals surface area contributed by atoms with Crippen LogP contribution >= 0.6 is 0 Å². The molecule has 0 saturated carbocycles. The number of nitrogens with zero attached hydrogens (tertiary/aromatic N) is 1. The highest BCUT2D eigenvalue weighted by Gasteiger charge is 1.86. The Morgan fingerprint density at radius 2 is 2.07 bits per heavy atom. The second-order valence-corrected chi connectivity index (χ2v) is 3.57. The van der Waals surface area contributed by atoms with Crippen LogP contribution < -0.4 is 16.8 Å². The fraction of sp³-hybridized carbons (Fsp3) is 0.700. The molecular weight excluding hydrogens is 176 g/mol. The molecule has 0 aromatic heterocycles. The Morgan fingerprint density at radius 3 is 2.64 bits per heavy atom. The Morgan fingerprint density at radius 1 is 1.36 bits per heavy atom. The molecule has 0 saturated heterocycles. The number of guanidine groups is 1. The summed E-state index contributed by atoms with van der Waals surface area (Å²) in [5.74, 6) is 0.779. The second-order valence-electron chi connectivity index (χ2n) is 3.57. The third-order valence-corrected chi connectivity index (χ3v) is 1.62. The average Bonchev–Trinajstić information content (AvgIpc) is 2.08. The van der Waals surface area contributed by atoms with Crippen LogP contribution in [-0.4, -0.2) is 19.0 Å². The van der Waals surface area contributed by atoms with E-state index in [1.807, 2.05) is 6.20 Å². The molecule has 14 heavy (non-hydrogen) atoms. The molecule has 0 aromatic carbocycles. The van der Waals surface area contributed by atoms with Gasteiger partial charge in [-0.1, -0.05) is 19.9 Å². The first-order chi connectivity index (χ1) is 6.63. The number of hydrogen-bond donors (Lipinski definition) is 3. The van der Waals surface area contributed by atoms with Gasteiger partial charge in [0, 0.05) is 13.1 Å². The van der Waals surface area contributed by atoms with Crippen molar-refractivity contribution in [3.8, 4) is 0 Å². The summed E-state index contributed by atoms with van der Waals surface area (Å²) in [5.41, 5.74) is 10.4. The molecule has 0 aromatic rings. The monoisotopic (exact) mass is 198 g/mol. The molecule has 0 amide bonds. The van der Waals surface area contributed by atoms with Gasteiger partial charge < -0.3 is 16.8 Å². The van der Waals surface area contributed by atoms with Crippen molar-refractivity contribution in [2.75, 3.05) is 13.1 Å². The zero-order valence-electron chi connectivity index (χ0n) is 9.16. The predicted octanol–water partition coefficient (Wildman–Crippen LogP) is 0.799. The third kappa shape index (κ3) is 10.8. The molecule has 0 rings (SSSR count). The van der Waals surface area contributed by atoms with Gasteiger partial charge >= 0.3 is 0 Å². The van der Waals surface area contributed by atoms with Crippen LogP contribution in [0.5, 0.6) is 0 Å². The number of unbranched alkanes of at least 4 members (excludes halogenated alkanes) is 1. The quantitative estimate of drug-likeness (QED) is 0.322. The van der Waals surface area contributed by atoms with Gasteiger partial charge in [-0.2, -0.15) is 0 Å². The Balaban J connectivity index is 3.18. The van der Waals surface area contributed by atoms with Crippen LogP contribution in [0, 0.1) is 5.92 Å². The lowest BCUT2D eigenvalue weighted by molar-refractivity contribution is 0.698. The minimum absolute atomic E-state index is 0.178. The number of hydrogen-bond acceptors (Lipinski definition) is 2. The molecule has 0 heterocycles. The molecule has 4 heteroatoms. The first-order valence-corrected chi connectivity index (χ1v) is 5.08. The average molecular weight is 198 g/mol. The van der Waals surface area contributed by atoms with Crippen molar-refractivity contribution < 1.29 is 0 Å². The predicted molar refractivity (Wildman–Crippen MR) is 61.9 cm³/mol. The summed E-state index contributed by atoms with van der Waals surface area (Å²) < 4.78 is 0. The van der Waals surface area contributed by atoms with Crippen LogP contribution in [0.1, 0.15) is 26.7 Å². The lowest BCUT2D eigenvalue weighted by Gasteiger charge is -2.00. The van der Waals surface area contributed by atoms with Crippen molar-refractivity contribution in [2.45, 2.75) is 26.7 Å². The van der Waals surface area contributed by atoms with Crippen molar-refractivity contribution in [2.24, 2.45) is 22.4 Å². The molecule has 0 aliphatic rings. The van der Waals surface area contributed by atoms with Gasteiger partial charge in [-0.25, -0.2) is 0 Å². The van der Waals surface area contributed by atoms with E-state index < -0.39 is 0 Å². The van der Waals surface area contributed by atoms with E-state index in [0.717, 1.165) is 25.9 Å². The molecule has 0 aliphatic heterocycles. The molecule has 0 bridgehead atoms. The van der Waals surface area contributed by atoms with E-state index in [9.17, 15) is 0 Å². The van der Waals surface area contributed by atoms with Crippen LogP contribution in [0.25, 0.3) is 0 Å². The Hall–Kier alpha value is -1.19. The Labute approximate surface area is 86.5 Å². The minimum Gasteiger partial charge on any atom is -0.391 e. The van der Waals surface area contributed by atoms with Gasteiger partial charge in [-0.05, 0) is 25.0 Å². The van der Waals surface area contributed by atoms with Gasteiger partial charge in [-0.15, -0.1) is 0 Å². The molecule has 0 atom stereocenters. The van der Waals surface area contributed by atoms with E-state index in [2.05, 4.69) is 30.2 Å². The van der Waals surface area contributed by atoms with Crippen molar-refractivity contribution in [3.05, 3.63) is 12.3 Å². The van der Waals surface area contributed by atoms with Crippen LogP contribution in [0.2, 0.25) is 0 Å². The Kier molecular flexibility index (Phi) is 7.70. The zero-order chi connectivity index (χ0) is 10.8. The van der Waals surface area contributed by atoms with E-state index in [0.29, 0.717) is 5.92 Å². The molecule has 4 nitrogen and oxygen atoms in total. The maximum atomic E-state index is 5.19. The summed E-state index contributed by atoms with van der Waals surface area (Å²) in [5, 5.41) is 3.21. The zero-order valence-corrected chi connectivity index (χ0v) is 9.16. The highest BCUT2D eigenvalue weighted by molar-refractivity contribution is 5.75. The van der Waals surface area contributed by atoms with Gasteiger partial charge in [0.2, 0.25) is 0 Å². The van der Waals surface area contributed by atoms with E-state index in [4.69, 9.17) is 11.5 Å². The maximum absolute atomic E-state index is 5.19. The number of aliphatic imine (C=N–C) groups is 1. The number of nitrogens with one attached hydrogen (secondary N) is 1. The number of nitrogens with two attached hydrogens (primary N) is 2. The molecule has 0 aliphatic carbocycles. The molecule has 0 unspecified atom stereocenters. The Bertz CT molecular complexity index is 181. The highest BCUT2D eigenvalue weighted by Crippen LogP contribution is 1.92. The normalized spacial score (nSPS) is 10.8. The standard InChI is InChI=1S/C10H22N4/c1-9(2)5-8-13-6-3-4-7-14-10(11)12/h5,8-9,13H,3-4,6-7H2,1-2H3,(H4,11,12,14)/b8-5+. The van der Waals surface area contributed by atoms with E-state index in [-0.39, 0.29) is 5.96 Å². The third-order valence-electron chi connectivity index (χ3n) is 1.62. The van der Waals surface area contributed by atoms with E-state index >= 15 is 0 Å². The summed E-state index contributed by atoms with van der Waals surface area (Å²) >= 11 is 0. The van der Waals surface area contributed by atoms with E-state index in [1.54, 1.807) is 0 Å². The SMILES string of the molecule is CC(C)/C=C/NCCCCN=C(N)N. The number of allylic oxidation sites excluding steroid dienone is 1. The van der Waals surface area contributed by atoms with Gasteiger partial charge in [0.1, 0.15) is 0 Å². The fourth-order valence-electron chi connectivity index (χ4n) is 0.891. The minimum atomic E-state index is 0.178. The van der Waals surface area contributed by atoms with Crippen LogP contribution in [0.15, 0.2) is 17.3 Å². The van der Waals surface area contributed by atoms with Crippen LogP contribution in [0.3, 0.4) is 0 Å². The lowest BCUT2D eigenvalue weighted by atomic mass is 10.2. The summed E-state index contributed by atoms with van der Waals surface area (Å²) in [6.45, 7) is 6.00. The van der Waals surface area contributed by atoms with E-state index in [1.165, 1.54) is 0 Å². The first-order valence-electron chi connectivity index (χ1n) is 5.08. The molecule has 0 radical (unpaired) electrons. The smallest absolute Gasteiger partial charge is 0.185 e. The van der Waals surface area contributed by atoms with Crippen LogP contribution in [0.4, 0.5) is 0 Å². The van der Waals surface area contributed by atoms with Gasteiger partial charge in [0.25, 0.3) is 0 Å². The summed E-state index contributed by atoms with van der Waals surface area (Å²) in [4.78, 5) is 3.90. The largest absolute Gasteiger partial charge is 0.391 e. The highest BCUT2D eigenvalue weighted by atomic mass is 15.0. The number of rotatable bonds is 7. The maximum Gasteiger partial charge on any atom is 0.185 e. The molecule has 82 valence electrons. The van der Waals surface area contributed by atoms with Crippen molar-refractivity contribution in [1.29, 1.82) is 0 Å². The van der Waals surface area contributed by atoms with Crippen LogP contribution in [-0.2, 0) is 0 Å². The molecule has 0 spiro atoms. The second kappa shape index (κ2) is 8.41. The van der Waals surface area contributed by atoms with Gasteiger partial charge in [0.05, 0.1) is 0 Å². The first kappa shape index (κ1) is 12.8. The summed E-state index contributed by atoms with van der Waals surface area (Å²) in [6, 6.07) is 0. The fourth-order valence-corrected chi connectivity index (χ4v) is 0.891. The van der Waals surface area contributed by atoms with Gasteiger partial charge in [-0.3, -0.25) is 4.99 Å². The molecule has 0 fully saturated rings. The van der Waals surface area contributed by atoms with Crippen molar-refractivity contribution in [3.63, 3.8) is 0 Å². The van der Waals surface area contributed by atoms with Crippen molar-refractivity contribution in [1.82, 2.24) is 5.32 Å².